The van der Waals surface area contributed by atoms with Crippen LogP contribution in [0.3, 0.4) is 0 Å². The molecule has 0 saturated heterocycles. The van der Waals surface area contributed by atoms with Crippen LogP contribution in [0.25, 0.3) is 10.9 Å². The largest absolute Gasteiger partial charge is 0.454 e. The van der Waals surface area contributed by atoms with Gasteiger partial charge < -0.3 is 14.2 Å². The molecule has 114 valence electrons. The van der Waals surface area contributed by atoms with Crippen molar-refractivity contribution < 1.29 is 19.1 Å². The molecule has 0 spiro atoms. The average Bonchev–Trinajstić information content (AvgIpc) is 3.02. The summed E-state index contributed by atoms with van der Waals surface area (Å²) in [6, 6.07) is 9.44. The van der Waals surface area contributed by atoms with Gasteiger partial charge in [0.15, 0.2) is 11.5 Å². The van der Waals surface area contributed by atoms with Crippen LogP contribution < -0.4 is 14.2 Å². The highest BCUT2D eigenvalue weighted by Crippen LogP contribution is 2.37. The van der Waals surface area contributed by atoms with Gasteiger partial charge in [0.05, 0.1) is 15.8 Å². The van der Waals surface area contributed by atoms with E-state index in [1.54, 1.807) is 24.3 Å². The number of rotatable bonds is 3. The number of benzene rings is 2. The standard InChI is InChI=1S/C15H9N3O5/c19-18(20)9-1-3-12-11(5-9)15(17-7-16-12)23-10-2-4-13-14(6-10)22-8-21-13/h1-7H,8H2. The SMILES string of the molecule is O=[N+]([O-])c1ccc2ncnc(Oc3ccc4c(c3)OCO4)c2c1. The lowest BCUT2D eigenvalue weighted by molar-refractivity contribution is -0.384. The summed E-state index contributed by atoms with van der Waals surface area (Å²) in [5.41, 5.74) is 0.504. The topological polar surface area (TPSA) is 96.6 Å². The van der Waals surface area contributed by atoms with E-state index in [1.807, 2.05) is 0 Å². The highest BCUT2D eigenvalue weighted by atomic mass is 16.7. The molecular weight excluding hydrogens is 302 g/mol. The lowest BCUT2D eigenvalue weighted by Gasteiger charge is -2.07. The molecule has 0 bridgehead atoms. The Morgan fingerprint density at radius 1 is 1.09 bits per heavy atom. The van der Waals surface area contributed by atoms with Gasteiger partial charge in [-0.05, 0) is 18.2 Å². The first-order valence-electron chi connectivity index (χ1n) is 6.67. The van der Waals surface area contributed by atoms with Crippen molar-refractivity contribution in [1.82, 2.24) is 9.97 Å². The number of hydrogen-bond donors (Lipinski definition) is 0. The zero-order valence-corrected chi connectivity index (χ0v) is 11.6. The Kier molecular flexibility index (Phi) is 2.94. The molecule has 2 aromatic carbocycles. The summed E-state index contributed by atoms with van der Waals surface area (Å²) in [6.07, 6.45) is 1.34. The molecule has 0 amide bonds. The van der Waals surface area contributed by atoms with E-state index in [1.165, 1.54) is 18.5 Å². The smallest absolute Gasteiger partial charge is 0.270 e. The predicted molar refractivity (Wildman–Crippen MR) is 78.8 cm³/mol. The third-order valence-corrected chi connectivity index (χ3v) is 3.35. The molecule has 3 aromatic rings. The molecule has 8 heteroatoms. The van der Waals surface area contributed by atoms with Crippen LogP contribution in [0.5, 0.6) is 23.1 Å². The van der Waals surface area contributed by atoms with Gasteiger partial charge >= 0.3 is 0 Å². The minimum Gasteiger partial charge on any atom is -0.454 e. The van der Waals surface area contributed by atoms with E-state index in [-0.39, 0.29) is 18.4 Å². The van der Waals surface area contributed by atoms with Crippen LogP contribution in [-0.4, -0.2) is 21.7 Å². The van der Waals surface area contributed by atoms with E-state index in [9.17, 15) is 10.1 Å². The average molecular weight is 311 g/mol. The fourth-order valence-electron chi connectivity index (χ4n) is 2.27. The van der Waals surface area contributed by atoms with Gasteiger partial charge in [0.2, 0.25) is 12.7 Å². The van der Waals surface area contributed by atoms with E-state index in [2.05, 4.69) is 9.97 Å². The van der Waals surface area contributed by atoms with E-state index in [4.69, 9.17) is 14.2 Å². The fourth-order valence-corrected chi connectivity index (χ4v) is 2.27. The Balaban J connectivity index is 1.76. The summed E-state index contributed by atoms with van der Waals surface area (Å²) >= 11 is 0. The van der Waals surface area contributed by atoms with Gasteiger partial charge in [-0.2, -0.15) is 0 Å². The van der Waals surface area contributed by atoms with Crippen LogP contribution in [0.2, 0.25) is 0 Å². The molecule has 4 rings (SSSR count). The molecule has 1 aliphatic heterocycles. The van der Waals surface area contributed by atoms with Gasteiger partial charge in [-0.3, -0.25) is 10.1 Å². The van der Waals surface area contributed by atoms with Crippen molar-refractivity contribution in [2.24, 2.45) is 0 Å². The van der Waals surface area contributed by atoms with Crippen LogP contribution in [-0.2, 0) is 0 Å². The van der Waals surface area contributed by atoms with Crippen LogP contribution in [0.15, 0.2) is 42.7 Å². The minimum atomic E-state index is -0.475. The minimum absolute atomic E-state index is 0.0529. The molecule has 0 atom stereocenters. The third-order valence-electron chi connectivity index (χ3n) is 3.35. The highest BCUT2D eigenvalue weighted by Gasteiger charge is 2.16. The number of nitro groups is 1. The molecular formula is C15H9N3O5. The summed E-state index contributed by atoms with van der Waals surface area (Å²) < 4.78 is 16.3. The van der Waals surface area contributed by atoms with E-state index in [0.717, 1.165) is 0 Å². The zero-order chi connectivity index (χ0) is 15.8. The van der Waals surface area contributed by atoms with Crippen molar-refractivity contribution in [1.29, 1.82) is 0 Å². The van der Waals surface area contributed by atoms with Crippen LogP contribution >= 0.6 is 0 Å². The molecule has 8 nitrogen and oxygen atoms in total. The summed E-state index contributed by atoms with van der Waals surface area (Å²) in [6.45, 7) is 0.168. The van der Waals surface area contributed by atoms with Crippen molar-refractivity contribution >= 4 is 16.6 Å². The van der Waals surface area contributed by atoms with Crippen LogP contribution in [0, 0.1) is 10.1 Å². The van der Waals surface area contributed by atoms with Crippen LogP contribution in [0.1, 0.15) is 0 Å². The van der Waals surface area contributed by atoms with Crippen molar-refractivity contribution in [3.8, 4) is 23.1 Å². The highest BCUT2D eigenvalue weighted by molar-refractivity contribution is 5.85. The molecule has 0 saturated carbocycles. The molecule has 0 N–H and O–H groups in total. The molecule has 2 heterocycles. The molecule has 23 heavy (non-hydrogen) atoms. The fraction of sp³-hybridized carbons (Fsp3) is 0.0667. The number of hydrogen-bond acceptors (Lipinski definition) is 7. The van der Waals surface area contributed by atoms with Crippen molar-refractivity contribution in [3.05, 3.63) is 52.8 Å². The number of nitro benzene ring substituents is 1. The Bertz CT molecular complexity index is 928. The summed E-state index contributed by atoms with van der Waals surface area (Å²) in [5.74, 6) is 1.94. The Morgan fingerprint density at radius 2 is 1.96 bits per heavy atom. The second kappa shape index (κ2) is 5.09. The van der Waals surface area contributed by atoms with Crippen molar-refractivity contribution in [2.45, 2.75) is 0 Å². The van der Waals surface area contributed by atoms with Gasteiger partial charge in [0, 0.05) is 18.2 Å². The Labute approximate surface area is 129 Å². The van der Waals surface area contributed by atoms with E-state index < -0.39 is 4.92 Å². The van der Waals surface area contributed by atoms with Gasteiger partial charge in [-0.25, -0.2) is 9.97 Å². The van der Waals surface area contributed by atoms with Crippen molar-refractivity contribution in [2.75, 3.05) is 6.79 Å². The normalized spacial score (nSPS) is 12.3. The number of nitrogens with zero attached hydrogens (tertiary/aromatic N) is 3. The first-order valence-corrected chi connectivity index (χ1v) is 6.67. The maximum Gasteiger partial charge on any atom is 0.270 e. The Hall–Kier alpha value is -3.42. The van der Waals surface area contributed by atoms with E-state index in [0.29, 0.717) is 28.2 Å². The summed E-state index contributed by atoms with van der Waals surface area (Å²) in [4.78, 5) is 18.6. The molecule has 0 fully saturated rings. The third kappa shape index (κ3) is 2.35. The lowest BCUT2D eigenvalue weighted by Crippen LogP contribution is -1.94. The summed E-state index contributed by atoms with van der Waals surface area (Å²) in [5, 5.41) is 11.4. The summed E-state index contributed by atoms with van der Waals surface area (Å²) in [7, 11) is 0. The van der Waals surface area contributed by atoms with Crippen molar-refractivity contribution in [3.63, 3.8) is 0 Å². The van der Waals surface area contributed by atoms with Gasteiger partial charge in [0.1, 0.15) is 12.1 Å². The monoisotopic (exact) mass is 311 g/mol. The molecule has 0 unspecified atom stereocenters. The Morgan fingerprint density at radius 3 is 2.83 bits per heavy atom. The van der Waals surface area contributed by atoms with Gasteiger partial charge in [-0.15, -0.1) is 0 Å². The quantitative estimate of drug-likeness (QED) is 0.541. The second-order valence-electron chi connectivity index (χ2n) is 4.75. The molecule has 1 aliphatic rings. The first-order chi connectivity index (χ1) is 11.2. The predicted octanol–water partition coefficient (Wildman–Crippen LogP) is 3.06. The maximum atomic E-state index is 10.9. The zero-order valence-electron chi connectivity index (χ0n) is 11.6. The van der Waals surface area contributed by atoms with Crippen LogP contribution in [0.4, 0.5) is 5.69 Å². The number of non-ortho nitro benzene ring substituents is 1. The number of fused-ring (bicyclic) bond motifs is 2. The molecule has 1 aromatic heterocycles. The molecule has 0 aliphatic carbocycles. The van der Waals surface area contributed by atoms with Gasteiger partial charge in [-0.1, -0.05) is 0 Å². The molecule has 0 radical (unpaired) electrons. The van der Waals surface area contributed by atoms with Gasteiger partial charge in [0.25, 0.3) is 5.69 Å². The van der Waals surface area contributed by atoms with E-state index >= 15 is 0 Å². The second-order valence-corrected chi connectivity index (χ2v) is 4.75. The number of ether oxygens (including phenoxy) is 3. The first kappa shape index (κ1) is 13.3. The number of aromatic nitrogens is 2. The lowest BCUT2D eigenvalue weighted by atomic mass is 10.2. The maximum absolute atomic E-state index is 10.9.